The lowest BCUT2D eigenvalue weighted by Gasteiger charge is -2.28. The van der Waals surface area contributed by atoms with E-state index >= 15 is 0 Å². The van der Waals surface area contributed by atoms with Gasteiger partial charge in [0.1, 0.15) is 18.5 Å². The molecule has 7 nitrogen and oxygen atoms in total. The zero-order chi connectivity index (χ0) is 23.8. The molecule has 33 heavy (non-hydrogen) atoms. The molecule has 0 spiro atoms. The van der Waals surface area contributed by atoms with Crippen LogP contribution in [0.25, 0.3) is 0 Å². The molecule has 3 rings (SSSR count). The fourth-order valence-corrected chi connectivity index (χ4v) is 4.32. The van der Waals surface area contributed by atoms with E-state index in [0.29, 0.717) is 30.3 Å². The van der Waals surface area contributed by atoms with Gasteiger partial charge in [-0.2, -0.15) is 0 Å². The molecule has 2 aromatic carbocycles. The summed E-state index contributed by atoms with van der Waals surface area (Å²) in [6.07, 6.45) is 1.62. The van der Waals surface area contributed by atoms with Crippen molar-refractivity contribution in [2.45, 2.75) is 45.4 Å². The molecule has 0 aliphatic carbocycles. The summed E-state index contributed by atoms with van der Waals surface area (Å²) < 4.78 is 28.2. The molecule has 2 unspecified atom stereocenters. The van der Waals surface area contributed by atoms with Crippen LogP contribution in [-0.4, -0.2) is 69.8 Å². The highest BCUT2D eigenvalue weighted by Crippen LogP contribution is 2.38. The molecule has 0 radical (unpaired) electrons. The van der Waals surface area contributed by atoms with Gasteiger partial charge in [-0.15, -0.1) is 0 Å². The van der Waals surface area contributed by atoms with Crippen LogP contribution in [0, 0.1) is 13.8 Å². The number of ether oxygens (including phenoxy) is 5. The van der Waals surface area contributed by atoms with Crippen molar-refractivity contribution in [1.29, 1.82) is 0 Å². The van der Waals surface area contributed by atoms with Gasteiger partial charge in [-0.1, -0.05) is 6.07 Å². The van der Waals surface area contributed by atoms with Crippen molar-refractivity contribution in [2.75, 3.05) is 47.6 Å². The molecule has 2 atom stereocenters. The number of methoxy groups -OCH3 is 3. The van der Waals surface area contributed by atoms with Crippen LogP contribution in [0.1, 0.15) is 29.5 Å². The van der Waals surface area contributed by atoms with E-state index < -0.39 is 6.10 Å². The molecule has 1 fully saturated rings. The maximum absolute atomic E-state index is 10.8. The third kappa shape index (κ3) is 7.25. The summed E-state index contributed by atoms with van der Waals surface area (Å²) in [5, 5.41) is 10.8. The number of nitrogens with zero attached hydrogens (tertiary/aromatic N) is 1. The Hall–Kier alpha value is -2.48. The quantitative estimate of drug-likeness (QED) is 0.518. The lowest BCUT2D eigenvalue weighted by molar-refractivity contribution is 0.0313. The summed E-state index contributed by atoms with van der Waals surface area (Å²) in [6.45, 7) is 6.89. The lowest BCUT2D eigenvalue weighted by atomic mass is 10.1. The second-order valence-electron chi connectivity index (χ2n) is 8.65. The molecular formula is C26H37NO6. The van der Waals surface area contributed by atoms with Gasteiger partial charge in [0.2, 0.25) is 5.75 Å². The van der Waals surface area contributed by atoms with Gasteiger partial charge in [-0.05, 0) is 67.6 Å². The average molecular weight is 460 g/mol. The molecular weight excluding hydrogens is 422 g/mol. The number of aliphatic hydroxyl groups excluding tert-OH is 1. The number of aliphatic hydroxyl groups is 1. The van der Waals surface area contributed by atoms with Crippen LogP contribution >= 0.6 is 0 Å². The lowest BCUT2D eigenvalue weighted by Crippen LogP contribution is -2.39. The molecule has 1 aliphatic rings. The van der Waals surface area contributed by atoms with Crippen LogP contribution in [0.15, 0.2) is 30.3 Å². The zero-order valence-corrected chi connectivity index (χ0v) is 20.4. The summed E-state index contributed by atoms with van der Waals surface area (Å²) in [4.78, 5) is 2.20. The summed E-state index contributed by atoms with van der Waals surface area (Å²) in [7, 11) is 4.81. The van der Waals surface area contributed by atoms with Gasteiger partial charge < -0.3 is 28.8 Å². The fraction of sp³-hybridized carbons (Fsp3) is 0.538. The van der Waals surface area contributed by atoms with Gasteiger partial charge in [0.05, 0.1) is 27.4 Å². The Morgan fingerprint density at radius 3 is 2.21 bits per heavy atom. The summed E-state index contributed by atoms with van der Waals surface area (Å²) >= 11 is 0. The maximum Gasteiger partial charge on any atom is 0.203 e. The Balaban J connectivity index is 1.70. The van der Waals surface area contributed by atoms with E-state index in [-0.39, 0.29) is 12.7 Å². The monoisotopic (exact) mass is 459 g/mol. The van der Waals surface area contributed by atoms with Crippen LogP contribution in [0.4, 0.5) is 0 Å². The number of aryl methyl sites for hydroxylation is 2. The van der Waals surface area contributed by atoms with Crippen molar-refractivity contribution in [3.05, 3.63) is 47.0 Å². The molecule has 0 saturated carbocycles. The Kier molecular flexibility index (Phi) is 9.23. The van der Waals surface area contributed by atoms with E-state index in [1.807, 2.05) is 38.1 Å². The smallest absolute Gasteiger partial charge is 0.203 e. The Morgan fingerprint density at radius 1 is 1.00 bits per heavy atom. The van der Waals surface area contributed by atoms with Crippen molar-refractivity contribution in [2.24, 2.45) is 0 Å². The highest BCUT2D eigenvalue weighted by Gasteiger charge is 2.23. The fourth-order valence-electron chi connectivity index (χ4n) is 4.32. The molecule has 1 N–H and O–H groups in total. The van der Waals surface area contributed by atoms with E-state index in [1.165, 1.54) is 0 Å². The Labute approximate surface area is 197 Å². The first-order chi connectivity index (χ1) is 15.9. The highest BCUT2D eigenvalue weighted by molar-refractivity contribution is 5.53. The van der Waals surface area contributed by atoms with Crippen LogP contribution in [0.5, 0.6) is 23.0 Å². The van der Waals surface area contributed by atoms with Crippen LogP contribution in [-0.2, 0) is 11.3 Å². The largest absolute Gasteiger partial charge is 0.493 e. The van der Waals surface area contributed by atoms with Crippen molar-refractivity contribution >= 4 is 0 Å². The maximum atomic E-state index is 10.8. The minimum Gasteiger partial charge on any atom is -0.493 e. The molecule has 7 heteroatoms. The van der Waals surface area contributed by atoms with Gasteiger partial charge in [-0.25, -0.2) is 0 Å². The summed E-state index contributed by atoms with van der Waals surface area (Å²) in [5.74, 6) is 2.57. The number of benzene rings is 2. The SMILES string of the molecule is COc1cc(CN(CC(O)COc2cc(C)cc(C)c2)CC2CCCO2)cc(OC)c1OC. The molecule has 1 aliphatic heterocycles. The third-order valence-electron chi connectivity index (χ3n) is 5.72. The Morgan fingerprint density at radius 2 is 1.67 bits per heavy atom. The average Bonchev–Trinajstić information content (AvgIpc) is 3.29. The standard InChI is InChI=1S/C26H37NO6/c1-18-9-19(2)11-23(10-18)33-17-21(28)15-27(16-22-7-6-8-32-22)14-20-12-24(29-3)26(31-5)25(13-20)30-4/h9-13,21-22,28H,6-8,14-17H2,1-5H3. The molecule has 0 bridgehead atoms. The first-order valence-electron chi connectivity index (χ1n) is 11.4. The van der Waals surface area contributed by atoms with E-state index in [4.69, 9.17) is 23.7 Å². The van der Waals surface area contributed by atoms with Crippen LogP contribution < -0.4 is 18.9 Å². The number of hydrogen-bond donors (Lipinski definition) is 1. The van der Waals surface area contributed by atoms with E-state index in [9.17, 15) is 5.11 Å². The van der Waals surface area contributed by atoms with E-state index in [1.54, 1.807) is 21.3 Å². The molecule has 0 aromatic heterocycles. The number of hydrogen-bond acceptors (Lipinski definition) is 7. The Bertz CT molecular complexity index is 851. The first-order valence-corrected chi connectivity index (χ1v) is 11.4. The topological polar surface area (TPSA) is 69.6 Å². The van der Waals surface area contributed by atoms with E-state index in [0.717, 1.165) is 48.4 Å². The predicted molar refractivity (Wildman–Crippen MR) is 128 cm³/mol. The molecule has 1 heterocycles. The third-order valence-corrected chi connectivity index (χ3v) is 5.72. The summed E-state index contributed by atoms with van der Waals surface area (Å²) in [6, 6.07) is 9.97. The normalized spacial score (nSPS) is 16.6. The summed E-state index contributed by atoms with van der Waals surface area (Å²) in [5.41, 5.74) is 3.29. The van der Waals surface area contributed by atoms with Crippen molar-refractivity contribution in [1.82, 2.24) is 4.90 Å². The molecule has 2 aromatic rings. The minimum atomic E-state index is -0.644. The van der Waals surface area contributed by atoms with Crippen LogP contribution in [0.3, 0.4) is 0 Å². The molecule has 1 saturated heterocycles. The van der Waals surface area contributed by atoms with Crippen LogP contribution in [0.2, 0.25) is 0 Å². The zero-order valence-electron chi connectivity index (χ0n) is 20.4. The second-order valence-corrected chi connectivity index (χ2v) is 8.65. The second kappa shape index (κ2) is 12.1. The van der Waals surface area contributed by atoms with Gasteiger partial charge >= 0.3 is 0 Å². The van der Waals surface area contributed by atoms with Crippen molar-refractivity contribution in [3.8, 4) is 23.0 Å². The van der Waals surface area contributed by atoms with Gasteiger partial charge in [0.25, 0.3) is 0 Å². The van der Waals surface area contributed by atoms with Gasteiger partial charge in [-0.3, -0.25) is 4.90 Å². The van der Waals surface area contributed by atoms with E-state index in [2.05, 4.69) is 11.0 Å². The first kappa shape index (κ1) is 25.1. The van der Waals surface area contributed by atoms with Crippen molar-refractivity contribution < 1.29 is 28.8 Å². The van der Waals surface area contributed by atoms with Gasteiger partial charge in [0, 0.05) is 26.2 Å². The minimum absolute atomic E-state index is 0.166. The van der Waals surface area contributed by atoms with Crippen molar-refractivity contribution in [3.63, 3.8) is 0 Å². The highest BCUT2D eigenvalue weighted by atomic mass is 16.5. The molecule has 0 amide bonds. The predicted octanol–water partition coefficient (Wildman–Crippen LogP) is 3.75. The van der Waals surface area contributed by atoms with Gasteiger partial charge in [0.15, 0.2) is 11.5 Å². The number of rotatable bonds is 12. The molecule has 182 valence electrons.